The van der Waals surface area contributed by atoms with Crippen molar-refractivity contribution in [1.82, 2.24) is 40.3 Å². The lowest BCUT2D eigenvalue weighted by Gasteiger charge is -2.36. The van der Waals surface area contributed by atoms with E-state index in [9.17, 15) is 19.6 Å². The van der Waals surface area contributed by atoms with E-state index in [0.717, 1.165) is 95.5 Å². The highest BCUT2D eigenvalue weighted by Gasteiger charge is 2.28. The number of nitrogens with one attached hydrogen (secondary N) is 3. The summed E-state index contributed by atoms with van der Waals surface area (Å²) in [6.45, 7) is 3.96. The zero-order chi connectivity index (χ0) is 37.2. The lowest BCUT2D eigenvalue weighted by Crippen LogP contribution is -2.51. The molecule has 1 saturated carbocycles. The maximum Gasteiger partial charge on any atom is 0.328 e. The van der Waals surface area contributed by atoms with E-state index in [1.54, 1.807) is 22.4 Å². The first kappa shape index (κ1) is 35.1. The number of amides is 4. The zero-order valence-electron chi connectivity index (χ0n) is 29.9. The number of rotatable bonds is 9. The molecule has 54 heavy (non-hydrogen) atoms. The van der Waals surface area contributed by atoms with Gasteiger partial charge in [0.25, 0.3) is 0 Å². The average Bonchev–Trinajstić information content (AvgIpc) is 3.86. The van der Waals surface area contributed by atoms with Crippen LogP contribution in [0.25, 0.3) is 27.4 Å². The second-order valence-electron chi connectivity index (χ2n) is 13.9. The van der Waals surface area contributed by atoms with Crippen LogP contribution in [0, 0.1) is 11.3 Å². The monoisotopic (exact) mass is 744 g/mol. The molecule has 4 amide bonds. The van der Waals surface area contributed by atoms with Gasteiger partial charge >= 0.3 is 6.03 Å². The van der Waals surface area contributed by atoms with Gasteiger partial charge in [0.15, 0.2) is 5.01 Å². The maximum atomic E-state index is 13.1. The highest BCUT2D eigenvalue weighted by molar-refractivity contribution is 7.14. The third kappa shape index (κ3) is 7.32. The number of anilines is 3. The van der Waals surface area contributed by atoms with Crippen LogP contribution in [0.5, 0.6) is 0 Å². The Kier molecular flexibility index (Phi) is 9.89. The van der Waals surface area contributed by atoms with Gasteiger partial charge in [0, 0.05) is 105 Å². The summed E-state index contributed by atoms with van der Waals surface area (Å²) in [7, 11) is 1.87. The second kappa shape index (κ2) is 15.2. The van der Waals surface area contributed by atoms with Gasteiger partial charge in [-0.05, 0) is 62.1 Å². The van der Waals surface area contributed by atoms with Crippen LogP contribution in [0.3, 0.4) is 0 Å². The first-order chi connectivity index (χ1) is 26.3. The van der Waals surface area contributed by atoms with Crippen molar-refractivity contribution in [3.63, 3.8) is 0 Å². The molecule has 0 unspecified atom stereocenters. The second-order valence-corrected chi connectivity index (χ2v) is 14.9. The fourth-order valence-corrected chi connectivity index (χ4v) is 8.55. The van der Waals surface area contributed by atoms with Gasteiger partial charge in [-0.15, -0.1) is 10.2 Å². The summed E-state index contributed by atoms with van der Waals surface area (Å²) in [6, 6.07) is 15.5. The Morgan fingerprint density at radius 3 is 2.48 bits per heavy atom. The van der Waals surface area contributed by atoms with Crippen molar-refractivity contribution in [2.75, 3.05) is 61.4 Å². The molecule has 15 nitrogen and oxygen atoms in total. The molecule has 1 aromatic carbocycles. The van der Waals surface area contributed by atoms with Gasteiger partial charge < -0.3 is 15.5 Å². The van der Waals surface area contributed by atoms with Crippen LogP contribution in [-0.4, -0.2) is 99.8 Å². The largest absolute Gasteiger partial charge is 0.387 e. The highest BCUT2D eigenvalue weighted by Crippen LogP contribution is 2.38. The quantitative estimate of drug-likeness (QED) is 0.197. The van der Waals surface area contributed by atoms with Crippen molar-refractivity contribution in [3.8, 4) is 22.5 Å². The van der Waals surface area contributed by atoms with Crippen LogP contribution in [0.2, 0.25) is 0 Å². The molecule has 0 spiro atoms. The molecule has 3 fully saturated rings. The Hall–Kier alpha value is -5.92. The molecule has 2 saturated heterocycles. The normalized spacial score (nSPS) is 19.4. The SMILES string of the molecule is CNc1cc(-n2ccc3cc(C#N)cnc32)ncc1-c1nnc(C2CCC(NC(=O)CN3CCN(c4ccc(N5CCC(=O)NC5=O)cc4)CC3)CC2)s1. The third-order valence-electron chi connectivity index (χ3n) is 10.5. The number of carbonyl (C=O) groups is 3. The Labute approximate surface area is 316 Å². The van der Waals surface area contributed by atoms with Crippen molar-refractivity contribution in [1.29, 1.82) is 5.26 Å². The number of piperazine rings is 1. The number of benzene rings is 1. The summed E-state index contributed by atoms with van der Waals surface area (Å²) in [4.78, 5) is 52.0. The van der Waals surface area contributed by atoms with Crippen molar-refractivity contribution >= 4 is 57.3 Å². The molecule has 3 N–H and O–H groups in total. The van der Waals surface area contributed by atoms with E-state index in [4.69, 9.17) is 4.98 Å². The van der Waals surface area contributed by atoms with E-state index in [1.165, 1.54) is 0 Å². The Morgan fingerprint density at radius 1 is 0.963 bits per heavy atom. The number of aromatic nitrogens is 5. The molecule has 5 aromatic rings. The van der Waals surface area contributed by atoms with E-state index >= 15 is 0 Å². The molecular formula is C38H40N12O3S. The van der Waals surface area contributed by atoms with Gasteiger partial charge in [-0.2, -0.15) is 5.26 Å². The van der Waals surface area contributed by atoms with Crippen molar-refractivity contribution in [3.05, 3.63) is 71.6 Å². The van der Waals surface area contributed by atoms with E-state index < -0.39 is 0 Å². The molecule has 16 heteroatoms. The van der Waals surface area contributed by atoms with E-state index in [-0.39, 0.29) is 23.9 Å². The van der Waals surface area contributed by atoms with Crippen molar-refractivity contribution in [2.45, 2.75) is 44.1 Å². The first-order valence-corrected chi connectivity index (χ1v) is 19.0. The van der Waals surface area contributed by atoms with Gasteiger partial charge in [-0.25, -0.2) is 14.8 Å². The number of hydrogen-bond donors (Lipinski definition) is 3. The average molecular weight is 745 g/mol. The van der Waals surface area contributed by atoms with Gasteiger partial charge in [-0.1, -0.05) is 11.3 Å². The minimum Gasteiger partial charge on any atom is -0.387 e. The minimum absolute atomic E-state index is 0.0684. The first-order valence-electron chi connectivity index (χ1n) is 18.2. The summed E-state index contributed by atoms with van der Waals surface area (Å²) in [6.07, 6.45) is 9.26. The van der Waals surface area contributed by atoms with Crippen LogP contribution in [0.1, 0.15) is 48.6 Å². The molecular weight excluding hydrogens is 705 g/mol. The number of imide groups is 1. The molecule has 3 aliphatic rings. The molecule has 6 heterocycles. The molecule has 2 aliphatic heterocycles. The number of pyridine rings is 2. The minimum atomic E-state index is -0.384. The molecule has 0 bridgehead atoms. The molecule has 276 valence electrons. The van der Waals surface area contributed by atoms with Crippen LogP contribution in [0.15, 0.2) is 61.1 Å². The number of nitriles is 1. The van der Waals surface area contributed by atoms with Crippen LogP contribution in [-0.2, 0) is 9.59 Å². The third-order valence-corrected chi connectivity index (χ3v) is 11.6. The lowest BCUT2D eigenvalue weighted by atomic mass is 9.86. The number of urea groups is 1. The van der Waals surface area contributed by atoms with Crippen molar-refractivity contribution < 1.29 is 14.4 Å². The summed E-state index contributed by atoms with van der Waals surface area (Å²) in [5, 5.41) is 30.0. The maximum absolute atomic E-state index is 13.1. The Balaban J connectivity index is 0.803. The molecule has 8 rings (SSSR count). The van der Waals surface area contributed by atoms with Crippen LogP contribution < -0.4 is 25.8 Å². The fraction of sp³-hybridized carbons (Fsp3) is 0.368. The van der Waals surface area contributed by atoms with E-state index in [1.807, 2.05) is 66.5 Å². The predicted molar refractivity (Wildman–Crippen MR) is 206 cm³/mol. The van der Waals surface area contributed by atoms with Gasteiger partial charge in [0.05, 0.1) is 17.7 Å². The van der Waals surface area contributed by atoms with Gasteiger partial charge in [-0.3, -0.25) is 29.3 Å². The lowest BCUT2D eigenvalue weighted by molar-refractivity contribution is -0.123. The standard InChI is InChI=1S/C38H40N12O3S/c1-40-31-19-32(50-12-10-26-18-24(20-39)21-42-35(26)50)41-22-30(31)37-46-45-36(54-37)25-2-4-27(5-3-25)43-34(52)23-47-14-16-48(17-15-47)28-6-8-29(9-7-28)49-13-11-33(51)44-38(49)53/h6-10,12,18-19,21-22,25,27H,2-5,11,13-17,23H2,1H3,(H,40,41)(H,43,52)(H,44,51,53). The highest BCUT2D eigenvalue weighted by atomic mass is 32.1. The van der Waals surface area contributed by atoms with E-state index in [2.05, 4.69) is 47.0 Å². The number of carbonyl (C=O) groups excluding carboxylic acids is 3. The zero-order valence-corrected chi connectivity index (χ0v) is 30.7. The van der Waals surface area contributed by atoms with Gasteiger partial charge in [0.2, 0.25) is 11.8 Å². The van der Waals surface area contributed by atoms with Crippen LogP contribution in [0.4, 0.5) is 21.9 Å². The number of hydrogen-bond acceptors (Lipinski definition) is 12. The number of nitrogens with zero attached hydrogens (tertiary/aromatic N) is 9. The number of fused-ring (bicyclic) bond motifs is 1. The molecule has 1 aliphatic carbocycles. The summed E-state index contributed by atoms with van der Waals surface area (Å²) >= 11 is 1.60. The topological polar surface area (TPSA) is 177 Å². The fourth-order valence-electron chi connectivity index (χ4n) is 7.51. The summed E-state index contributed by atoms with van der Waals surface area (Å²) < 4.78 is 1.90. The molecule has 4 aromatic heterocycles. The Bertz CT molecular complexity index is 2230. The molecule has 0 radical (unpaired) electrons. The molecule has 0 atom stereocenters. The van der Waals surface area contributed by atoms with Gasteiger partial charge in [0.1, 0.15) is 22.5 Å². The van der Waals surface area contributed by atoms with Crippen LogP contribution >= 0.6 is 11.3 Å². The summed E-state index contributed by atoms with van der Waals surface area (Å²) in [5.74, 6) is 0.831. The predicted octanol–water partition coefficient (Wildman–Crippen LogP) is 4.26. The van der Waals surface area contributed by atoms with E-state index in [0.29, 0.717) is 36.8 Å². The van der Waals surface area contributed by atoms with Crippen molar-refractivity contribution in [2.24, 2.45) is 0 Å². The smallest absolute Gasteiger partial charge is 0.328 e. The Morgan fingerprint density at radius 2 is 1.74 bits per heavy atom. The summed E-state index contributed by atoms with van der Waals surface area (Å²) in [5.41, 5.74) is 4.84.